The Labute approximate surface area is 791 Å². The van der Waals surface area contributed by atoms with Crippen LogP contribution in [0.15, 0.2) is 118 Å². The maximum Gasteiger partial charge on any atom is 0.329 e. The van der Waals surface area contributed by atoms with Crippen LogP contribution in [0.1, 0.15) is 163 Å². The smallest absolute Gasteiger partial charge is 0.329 e. The monoisotopic (exact) mass is 1880 g/mol. The third kappa shape index (κ3) is 23.6. The number of cyclic esters (lactones) is 1. The highest BCUT2D eigenvalue weighted by atomic mass is 16.6. The Morgan fingerprint density at radius 3 is 2.24 bits per heavy atom. The minimum Gasteiger partial charge on any atom is -0.459 e. The summed E-state index contributed by atoms with van der Waals surface area (Å²) in [5.41, 5.74) is 28.9. The third-order valence-electron chi connectivity index (χ3n) is 28.4. The van der Waals surface area contributed by atoms with E-state index in [1.807, 2.05) is 77.8 Å². The summed E-state index contributed by atoms with van der Waals surface area (Å²) >= 11 is 0. The molecule has 732 valence electrons. The molecule has 1 aliphatic carbocycles. The van der Waals surface area contributed by atoms with Gasteiger partial charge in [0.2, 0.25) is 23.6 Å². The van der Waals surface area contributed by atoms with E-state index < -0.39 is 109 Å². The zero-order valence-corrected chi connectivity index (χ0v) is 79.1. The number of hydrogen-bond acceptors (Lipinski definition) is 33. The van der Waals surface area contributed by atoms with Gasteiger partial charge >= 0.3 is 5.97 Å². The molecule has 5 aromatic heterocycles. The van der Waals surface area contributed by atoms with E-state index in [9.17, 15) is 54.3 Å². The molecule has 38 nitrogen and oxygen atoms in total. The van der Waals surface area contributed by atoms with E-state index in [4.69, 9.17) is 65.2 Å². The number of ketones is 1. The normalized spacial score (nSPS) is 28.8. The quantitative estimate of drug-likeness (QED) is 0.0138. The lowest BCUT2D eigenvalue weighted by molar-refractivity contribution is -0.265. The first kappa shape index (κ1) is 99.3. The largest absolute Gasteiger partial charge is 0.459 e. The number of oxime groups is 1. The number of fused-ring (bicyclic) bond motifs is 7. The van der Waals surface area contributed by atoms with Crippen LogP contribution in [0.5, 0.6) is 0 Å². The van der Waals surface area contributed by atoms with Gasteiger partial charge in [0.25, 0.3) is 29.5 Å². The van der Waals surface area contributed by atoms with Gasteiger partial charge in [-0.1, -0.05) is 87.5 Å². The van der Waals surface area contributed by atoms with Crippen molar-refractivity contribution in [3.05, 3.63) is 142 Å². The summed E-state index contributed by atoms with van der Waals surface area (Å²) in [6.45, 7) is 18.7. The predicted molar refractivity (Wildman–Crippen MR) is 506 cm³/mol. The molecule has 2 bridgehead atoms. The Balaban J connectivity index is 0.505. The highest BCUT2D eigenvalue weighted by Crippen LogP contribution is 2.40. The van der Waals surface area contributed by atoms with Crippen molar-refractivity contribution in [1.82, 2.24) is 69.2 Å². The zero-order valence-electron chi connectivity index (χ0n) is 79.1. The van der Waals surface area contributed by atoms with Crippen molar-refractivity contribution in [2.75, 3.05) is 134 Å². The number of aromatic nitrogens is 9. The van der Waals surface area contributed by atoms with E-state index in [0.29, 0.717) is 207 Å². The highest BCUT2D eigenvalue weighted by molar-refractivity contribution is 6.39. The summed E-state index contributed by atoms with van der Waals surface area (Å²) in [6.07, 6.45) is 15.3. The van der Waals surface area contributed by atoms with E-state index in [-0.39, 0.29) is 85.6 Å². The fourth-order valence-electron chi connectivity index (χ4n) is 20.1. The first-order chi connectivity index (χ1) is 65.5. The van der Waals surface area contributed by atoms with Crippen LogP contribution < -0.4 is 27.0 Å². The summed E-state index contributed by atoms with van der Waals surface area (Å²) in [4.78, 5) is 136. The van der Waals surface area contributed by atoms with E-state index in [1.54, 1.807) is 63.5 Å². The van der Waals surface area contributed by atoms with E-state index in [1.165, 1.54) is 13.4 Å². The summed E-state index contributed by atoms with van der Waals surface area (Å²) in [5, 5.41) is 69.4. The number of nitrogens with two attached hydrogens (primary N) is 3. The second-order valence-corrected chi connectivity index (χ2v) is 38.0. The Morgan fingerprint density at radius 1 is 0.699 bits per heavy atom. The third-order valence-corrected chi connectivity index (χ3v) is 28.4. The summed E-state index contributed by atoms with van der Waals surface area (Å²) in [5.74, 6) is -6.84. The molecule has 11 N–H and O–H groups in total. The fourth-order valence-corrected chi connectivity index (χ4v) is 20.1. The van der Waals surface area contributed by atoms with Crippen LogP contribution in [0.3, 0.4) is 0 Å². The van der Waals surface area contributed by atoms with Crippen LogP contribution in [-0.4, -0.2) is 315 Å². The molecule has 4 saturated heterocycles. The Bertz CT molecular complexity index is 5540. The maximum absolute atomic E-state index is 14.7. The SMILES string of the molecule is CO[C@H]1C[C@@H]2CC[C@@H](C)[C@@](O)(O2)C(=O)C(=O)N2CCCC[C@H]2C(=O)O[C@H]([C@H](N)C[C@@H]2CC[C@@H](O)[C@H](OC)C2)C[C@@H](O)[C@H](C)/C=C(\C)[C@@H](O)[C@@H](O)C(=NOCC(=O)N2CCc3nc(N4CCN(C(=O)CCOCCN5CCN(c6ncc(C(=O)N7CCc8cc(Cn9nc(-c%10ccc%11oc(N)nc%11c%10)c%10c(N)ncnc%109)ccc8C7)cn6)CC5)CC4)ncc3C2)[C@H](C)C[C@H](C)/C=C/C=C/C=C/1C. The lowest BCUT2D eigenvalue weighted by Crippen LogP contribution is -2.61. The van der Waals surface area contributed by atoms with Crippen LogP contribution in [-0.2, 0) is 85.0 Å². The molecule has 38 heteroatoms. The number of piperidine rings is 1. The number of allylic oxidation sites excluding steroid dienone is 5. The second-order valence-electron chi connectivity index (χ2n) is 38.0. The van der Waals surface area contributed by atoms with Crippen molar-refractivity contribution in [2.24, 2.45) is 40.5 Å². The molecule has 0 unspecified atom stereocenters. The van der Waals surface area contributed by atoms with Gasteiger partial charge in [-0.25, -0.2) is 39.4 Å². The van der Waals surface area contributed by atoms with E-state index >= 15 is 0 Å². The minimum absolute atomic E-state index is 0.0137. The number of oxazole rings is 1. The first-order valence-corrected chi connectivity index (χ1v) is 47.9. The van der Waals surface area contributed by atoms with Crippen LogP contribution in [0.25, 0.3) is 33.4 Å². The van der Waals surface area contributed by atoms with Gasteiger partial charge in [-0.15, -0.1) is 0 Å². The number of hydrogen-bond donors (Lipinski definition) is 8. The molecule has 4 amide bonds. The number of rotatable bonds is 20. The minimum atomic E-state index is -2.50. The molecule has 5 fully saturated rings. The topological polar surface area (TPSA) is 493 Å². The fraction of sp³-hybridized carbons (Fsp3) is 0.582. The molecular weight excluding hydrogens is 1750 g/mol. The van der Waals surface area contributed by atoms with Crippen LogP contribution >= 0.6 is 0 Å². The van der Waals surface area contributed by atoms with Crippen molar-refractivity contribution >= 4 is 87.0 Å². The molecule has 2 aromatic carbocycles. The number of methoxy groups -OCH3 is 2. The number of aliphatic hydroxyl groups is 5. The van der Waals surface area contributed by atoms with Gasteiger partial charge in [0.15, 0.2) is 17.8 Å². The molecule has 15 rings (SSSR count). The highest BCUT2D eigenvalue weighted by Gasteiger charge is 2.54. The van der Waals surface area contributed by atoms with Gasteiger partial charge < -0.3 is 105 Å². The summed E-state index contributed by atoms with van der Waals surface area (Å²) in [6, 6.07) is 9.80. The van der Waals surface area contributed by atoms with Gasteiger partial charge in [-0.2, -0.15) is 10.1 Å². The number of carbonyl (C=O) groups excluding carboxylic acids is 6. The maximum atomic E-state index is 14.7. The van der Waals surface area contributed by atoms with Crippen LogP contribution in [0, 0.1) is 29.6 Å². The lowest BCUT2D eigenvalue weighted by atomic mass is 9.80. The number of ether oxygens (including phenoxy) is 5. The van der Waals surface area contributed by atoms with Gasteiger partial charge in [-0.05, 0) is 142 Å². The number of piperazine rings is 2. The van der Waals surface area contributed by atoms with Crippen molar-refractivity contribution in [1.29, 1.82) is 0 Å². The number of benzene rings is 2. The van der Waals surface area contributed by atoms with Crippen LogP contribution in [0.4, 0.5) is 23.7 Å². The average Bonchev–Trinajstić information content (AvgIpc) is 1.60. The van der Waals surface area contributed by atoms with Crippen molar-refractivity contribution < 1.29 is 87.2 Å². The number of aliphatic hydroxyl groups excluding tert-OH is 4. The molecule has 12 heterocycles. The lowest BCUT2D eigenvalue weighted by Gasteiger charge is -2.42. The van der Waals surface area contributed by atoms with E-state index in [2.05, 4.69) is 63.0 Å². The van der Waals surface area contributed by atoms with Crippen molar-refractivity contribution in [2.45, 2.75) is 224 Å². The van der Waals surface area contributed by atoms with Gasteiger partial charge in [0, 0.05) is 179 Å². The second kappa shape index (κ2) is 45.0. The number of Topliss-reactive ketones (excluding diaryl/α,β-unsaturated/α-hetero) is 1. The summed E-state index contributed by atoms with van der Waals surface area (Å²) < 4.78 is 37.4. The molecule has 0 spiro atoms. The molecule has 1 saturated carbocycles. The molecule has 7 aromatic rings. The van der Waals surface area contributed by atoms with E-state index in [0.717, 1.165) is 57.1 Å². The Morgan fingerprint density at radius 2 is 1.46 bits per heavy atom. The Kier molecular flexibility index (Phi) is 32.8. The zero-order chi connectivity index (χ0) is 96.2. The van der Waals surface area contributed by atoms with Crippen LogP contribution in [0.2, 0.25) is 0 Å². The van der Waals surface area contributed by atoms with Crippen molar-refractivity contribution in [3.8, 4) is 11.3 Å². The number of esters is 1. The molecule has 8 aliphatic rings. The van der Waals surface area contributed by atoms with Gasteiger partial charge in [0.05, 0.1) is 79.1 Å². The van der Waals surface area contributed by atoms with Gasteiger partial charge in [-0.3, -0.25) is 28.9 Å². The Hall–Kier alpha value is -11.2. The van der Waals surface area contributed by atoms with Gasteiger partial charge in [0.1, 0.15) is 47.7 Å². The van der Waals surface area contributed by atoms with Crippen molar-refractivity contribution in [3.63, 3.8) is 0 Å². The molecule has 7 aliphatic heterocycles. The number of nitrogens with zero attached hydrogens (tertiary/aromatic N) is 17. The number of amides is 4. The number of carbonyl (C=O) groups is 6. The standard InChI is InChI=1S/C98H132N20O18/c1-58-14-10-9-11-15-59(2)79(130-7)48-71-22-17-63(6)98(129,136-71)89(125)93(127)117-28-13-12-16-75(117)94(128)134-80(72(99)45-64-19-23-76(119)81(46-64)131-8)49-77(120)60(3)43-62(5)87(123)88(124)85(61(4)42-58)110-133-56-83(122)115-30-26-73-70(55-115)52-104-97(108-73)114-37-35-112(36-38-114)82(121)27-40-132-41-39-111-31-33-113(34-32-111)96-102-50-69(51-103-96)92(126)116-29-25-66-44-65(18-20-68(66)54-116)53-118-91-84(90(100)105-57-106-91)86(109-118)67-21-24-78-74(47-67)107-95(101)135-78/h9-11,14-15,18,20-21,24,43-44,47,50-52,57-58,60-61,63-64,71-72,75-77,79-81,87-88,119-120,123-124,129H,12-13,16-17,19,22-23,25-42,45-46,48-49,53-56,99H2,1-8H3,(H2,101,107)(H2,100,105,106)/b11-9+,14-10+,59-15+,62-43+,110-85?/t58-,60-,61-,63-,64+,71+,72-,75+,76-,77-,79+,80+,81-,87-,88+,98-/m1/s1. The number of nitrogen functional groups attached to an aromatic ring is 2. The molecular formula is C98H132N20O18. The first-order valence-electron chi connectivity index (χ1n) is 47.9. The molecule has 136 heavy (non-hydrogen) atoms. The number of anilines is 4. The summed E-state index contributed by atoms with van der Waals surface area (Å²) in [7, 11) is 3.10. The molecule has 0 radical (unpaired) electrons. The molecule has 16 atom stereocenters. The predicted octanol–water partition coefficient (Wildman–Crippen LogP) is 6.21. The average molecular weight is 1880 g/mol.